The van der Waals surface area contributed by atoms with E-state index in [0.717, 1.165) is 11.1 Å². The Kier molecular flexibility index (Phi) is 5.17. The van der Waals surface area contributed by atoms with E-state index >= 15 is 0 Å². The summed E-state index contributed by atoms with van der Waals surface area (Å²) in [6.07, 6.45) is 1.70. The first-order valence-corrected chi connectivity index (χ1v) is 9.76. The van der Waals surface area contributed by atoms with Crippen LogP contribution in [-0.4, -0.2) is 29.2 Å². The number of ether oxygens (including phenoxy) is 1. The molecule has 1 aliphatic heterocycles. The summed E-state index contributed by atoms with van der Waals surface area (Å²) >= 11 is 6.38. The van der Waals surface area contributed by atoms with Crippen molar-refractivity contribution in [2.45, 2.75) is 6.92 Å². The number of carboxylic acids is 1. The quantitative estimate of drug-likeness (QED) is 0.544. The minimum Gasteiger partial charge on any atom is -0.507 e. The fourth-order valence-electron chi connectivity index (χ4n) is 3.74. The van der Waals surface area contributed by atoms with Crippen molar-refractivity contribution >= 4 is 46.5 Å². The number of hydrogen-bond acceptors (Lipinski definition) is 4. The van der Waals surface area contributed by atoms with Gasteiger partial charge >= 0.3 is 5.97 Å². The molecule has 0 fully saturated rings. The van der Waals surface area contributed by atoms with E-state index < -0.39 is 11.7 Å². The summed E-state index contributed by atoms with van der Waals surface area (Å²) in [6.45, 7) is 1.90. The molecule has 1 aliphatic rings. The van der Waals surface area contributed by atoms with Crippen LogP contribution in [0.15, 0.2) is 54.6 Å². The van der Waals surface area contributed by atoms with Gasteiger partial charge in [-0.25, -0.2) is 4.79 Å². The molecule has 31 heavy (non-hydrogen) atoms. The lowest BCUT2D eigenvalue weighted by Gasteiger charge is -2.18. The molecule has 0 spiro atoms. The Morgan fingerprint density at radius 2 is 1.87 bits per heavy atom. The second-order valence-electron chi connectivity index (χ2n) is 7.03. The van der Waals surface area contributed by atoms with Gasteiger partial charge in [-0.05, 0) is 48.9 Å². The standard InChI is InChI=1S/C24H18ClNO5/c1-13-5-3-7-19-22(13)17(12-16-18(25)6-4-8-21(16)31-2)23(28)26(19)14-9-10-15(24(29)30)20(27)11-14/h3-12,27H,1-2H3,(H,29,30)/b17-12+. The van der Waals surface area contributed by atoms with Gasteiger partial charge in [-0.15, -0.1) is 0 Å². The predicted octanol–water partition coefficient (Wildman–Crippen LogP) is 5.28. The van der Waals surface area contributed by atoms with E-state index in [0.29, 0.717) is 33.3 Å². The third-order valence-electron chi connectivity index (χ3n) is 5.19. The van der Waals surface area contributed by atoms with Crippen molar-refractivity contribution in [2.75, 3.05) is 12.0 Å². The number of benzene rings is 3. The highest BCUT2D eigenvalue weighted by Crippen LogP contribution is 2.45. The topological polar surface area (TPSA) is 87.1 Å². The fourth-order valence-corrected chi connectivity index (χ4v) is 3.96. The number of aryl methyl sites for hydroxylation is 1. The Hall–Kier alpha value is -3.77. The lowest BCUT2D eigenvalue weighted by atomic mass is 9.99. The molecule has 3 aromatic rings. The Morgan fingerprint density at radius 3 is 2.55 bits per heavy atom. The van der Waals surface area contributed by atoms with Crippen LogP contribution in [0.3, 0.4) is 0 Å². The number of nitrogens with zero attached hydrogens (tertiary/aromatic N) is 1. The molecule has 0 radical (unpaired) electrons. The van der Waals surface area contributed by atoms with Crippen molar-refractivity contribution in [3.8, 4) is 11.5 Å². The van der Waals surface area contributed by atoms with Crippen LogP contribution in [0.4, 0.5) is 11.4 Å². The van der Waals surface area contributed by atoms with Gasteiger partial charge in [0.15, 0.2) is 0 Å². The lowest BCUT2D eigenvalue weighted by molar-refractivity contribution is -0.112. The minimum absolute atomic E-state index is 0.239. The smallest absolute Gasteiger partial charge is 0.339 e. The summed E-state index contributed by atoms with van der Waals surface area (Å²) in [6, 6.07) is 14.8. The van der Waals surface area contributed by atoms with Gasteiger partial charge in [-0.1, -0.05) is 29.8 Å². The van der Waals surface area contributed by atoms with E-state index in [9.17, 15) is 19.8 Å². The maximum Gasteiger partial charge on any atom is 0.339 e. The SMILES string of the molecule is COc1cccc(Cl)c1/C=C1/C(=O)N(c2ccc(C(=O)O)c(O)c2)c2cccc(C)c21. The molecule has 7 heteroatoms. The molecule has 0 saturated heterocycles. The predicted molar refractivity (Wildman–Crippen MR) is 119 cm³/mol. The normalized spacial score (nSPS) is 14.1. The molecule has 1 amide bonds. The third kappa shape index (κ3) is 3.41. The highest BCUT2D eigenvalue weighted by Gasteiger charge is 2.35. The maximum absolute atomic E-state index is 13.5. The van der Waals surface area contributed by atoms with Crippen molar-refractivity contribution in [3.05, 3.63) is 81.9 Å². The number of carbonyl (C=O) groups excluding carboxylic acids is 1. The number of halogens is 1. The molecule has 156 valence electrons. The van der Waals surface area contributed by atoms with Gasteiger partial charge in [-0.3, -0.25) is 9.69 Å². The first-order valence-electron chi connectivity index (χ1n) is 9.38. The van der Waals surface area contributed by atoms with Crippen LogP contribution in [0.1, 0.15) is 27.0 Å². The monoisotopic (exact) mass is 435 g/mol. The molecule has 1 heterocycles. The highest BCUT2D eigenvalue weighted by molar-refractivity contribution is 6.39. The van der Waals surface area contributed by atoms with Crippen molar-refractivity contribution in [1.82, 2.24) is 0 Å². The fraction of sp³-hybridized carbons (Fsp3) is 0.0833. The van der Waals surface area contributed by atoms with Crippen LogP contribution < -0.4 is 9.64 Å². The number of methoxy groups -OCH3 is 1. The van der Waals surface area contributed by atoms with Gasteiger partial charge in [0, 0.05) is 17.2 Å². The van der Waals surface area contributed by atoms with E-state index in [-0.39, 0.29) is 11.5 Å². The molecule has 0 atom stereocenters. The molecule has 4 rings (SSSR count). The summed E-state index contributed by atoms with van der Waals surface area (Å²) < 4.78 is 5.41. The van der Waals surface area contributed by atoms with Gasteiger partial charge in [0.2, 0.25) is 0 Å². The number of rotatable bonds is 4. The number of carbonyl (C=O) groups is 2. The summed E-state index contributed by atoms with van der Waals surface area (Å²) in [5, 5.41) is 19.8. The van der Waals surface area contributed by atoms with Crippen LogP contribution in [0.5, 0.6) is 11.5 Å². The summed E-state index contributed by atoms with van der Waals surface area (Å²) in [7, 11) is 1.53. The number of aromatic hydroxyl groups is 1. The molecular formula is C24H18ClNO5. The lowest BCUT2D eigenvalue weighted by Crippen LogP contribution is -2.20. The zero-order chi connectivity index (χ0) is 22.3. The van der Waals surface area contributed by atoms with E-state index in [2.05, 4.69) is 0 Å². The van der Waals surface area contributed by atoms with Crippen molar-refractivity contribution in [3.63, 3.8) is 0 Å². The molecule has 0 unspecified atom stereocenters. The Balaban J connectivity index is 1.92. The molecule has 6 nitrogen and oxygen atoms in total. The third-order valence-corrected chi connectivity index (χ3v) is 5.52. The number of aromatic carboxylic acids is 1. The summed E-state index contributed by atoms with van der Waals surface area (Å²) in [5.41, 5.74) is 3.36. The summed E-state index contributed by atoms with van der Waals surface area (Å²) in [5.74, 6) is -1.46. The Labute approximate surface area is 183 Å². The minimum atomic E-state index is -1.25. The molecule has 0 bridgehead atoms. The molecule has 3 aromatic carbocycles. The second-order valence-corrected chi connectivity index (χ2v) is 7.44. The van der Waals surface area contributed by atoms with E-state index in [1.54, 1.807) is 30.3 Å². The van der Waals surface area contributed by atoms with Gasteiger partial charge < -0.3 is 14.9 Å². The zero-order valence-electron chi connectivity index (χ0n) is 16.7. The van der Waals surface area contributed by atoms with Crippen LogP contribution in [-0.2, 0) is 4.79 Å². The van der Waals surface area contributed by atoms with Crippen LogP contribution in [0, 0.1) is 6.92 Å². The Bertz CT molecular complexity index is 1260. The van der Waals surface area contributed by atoms with Crippen LogP contribution in [0.2, 0.25) is 5.02 Å². The molecular weight excluding hydrogens is 418 g/mol. The number of carboxylic acid groups (broad SMARTS) is 1. The Morgan fingerprint density at radius 1 is 1.13 bits per heavy atom. The molecule has 2 N–H and O–H groups in total. The maximum atomic E-state index is 13.5. The first kappa shape index (κ1) is 20.5. The van der Waals surface area contributed by atoms with Crippen molar-refractivity contribution < 1.29 is 24.5 Å². The number of anilines is 2. The van der Waals surface area contributed by atoms with Crippen molar-refractivity contribution in [2.24, 2.45) is 0 Å². The summed E-state index contributed by atoms with van der Waals surface area (Å²) in [4.78, 5) is 26.2. The van der Waals surface area contributed by atoms with Gasteiger partial charge in [0.25, 0.3) is 5.91 Å². The van der Waals surface area contributed by atoms with Crippen LogP contribution in [0.25, 0.3) is 11.6 Å². The van der Waals surface area contributed by atoms with Gasteiger partial charge in [-0.2, -0.15) is 0 Å². The number of fused-ring (bicyclic) bond motifs is 1. The number of phenols is 1. The van der Waals surface area contributed by atoms with E-state index in [1.165, 1.54) is 30.2 Å². The highest BCUT2D eigenvalue weighted by atomic mass is 35.5. The zero-order valence-corrected chi connectivity index (χ0v) is 17.5. The molecule has 0 saturated carbocycles. The van der Waals surface area contributed by atoms with Crippen molar-refractivity contribution in [1.29, 1.82) is 0 Å². The second kappa shape index (κ2) is 7.81. The largest absolute Gasteiger partial charge is 0.507 e. The van der Waals surface area contributed by atoms with Gasteiger partial charge in [0.05, 0.1) is 29.1 Å². The van der Waals surface area contributed by atoms with E-state index in [4.69, 9.17) is 16.3 Å². The molecule has 0 aliphatic carbocycles. The van der Waals surface area contributed by atoms with Gasteiger partial charge in [0.1, 0.15) is 17.1 Å². The first-order chi connectivity index (χ1) is 14.8. The average molecular weight is 436 g/mol. The number of hydrogen-bond donors (Lipinski definition) is 2. The van der Waals surface area contributed by atoms with Crippen LogP contribution >= 0.6 is 11.6 Å². The number of amides is 1. The van der Waals surface area contributed by atoms with E-state index in [1.807, 2.05) is 19.1 Å². The molecule has 0 aromatic heterocycles. The average Bonchev–Trinajstić information content (AvgIpc) is 3.01.